The average molecular weight is 286 g/mol. The number of nitrogens with one attached hydrogen (secondary N) is 2. The quantitative estimate of drug-likeness (QED) is 0.714. The fourth-order valence-electron chi connectivity index (χ4n) is 1.54. The molecular formula is C12H18N2O4S. The summed E-state index contributed by atoms with van der Waals surface area (Å²) in [5, 5.41) is 11.2. The van der Waals surface area contributed by atoms with Crippen molar-refractivity contribution in [3.05, 3.63) is 23.8 Å². The zero-order chi connectivity index (χ0) is 14.5. The van der Waals surface area contributed by atoms with Gasteiger partial charge in [0.15, 0.2) is 0 Å². The van der Waals surface area contributed by atoms with Gasteiger partial charge in [0.1, 0.15) is 0 Å². The van der Waals surface area contributed by atoms with Crippen molar-refractivity contribution >= 4 is 21.6 Å². The Morgan fingerprint density at radius 1 is 1.37 bits per heavy atom. The Labute approximate surface area is 112 Å². The highest BCUT2D eigenvalue weighted by molar-refractivity contribution is 7.89. The fraction of sp³-hybridized carbons (Fsp3) is 0.417. The summed E-state index contributed by atoms with van der Waals surface area (Å²) in [4.78, 5) is 11.6. The van der Waals surface area contributed by atoms with E-state index in [2.05, 4.69) is 10.0 Å². The molecule has 0 aliphatic rings. The van der Waals surface area contributed by atoms with Crippen LogP contribution in [0.4, 0.5) is 5.69 Å². The van der Waals surface area contributed by atoms with Crippen LogP contribution in [-0.4, -0.2) is 33.1 Å². The molecular weight excluding hydrogens is 268 g/mol. The molecule has 19 heavy (non-hydrogen) atoms. The van der Waals surface area contributed by atoms with Crippen molar-refractivity contribution in [3.8, 4) is 0 Å². The molecule has 3 N–H and O–H groups in total. The number of rotatable bonds is 6. The highest BCUT2D eigenvalue weighted by atomic mass is 32.2. The minimum atomic E-state index is -3.55. The van der Waals surface area contributed by atoms with E-state index in [0.29, 0.717) is 17.7 Å². The minimum Gasteiger partial charge on any atom is -0.396 e. The number of aliphatic hydroxyl groups is 1. The van der Waals surface area contributed by atoms with Gasteiger partial charge >= 0.3 is 0 Å². The Morgan fingerprint density at radius 2 is 2.05 bits per heavy atom. The average Bonchev–Trinajstić information content (AvgIpc) is 2.38. The molecule has 0 aliphatic heterocycles. The van der Waals surface area contributed by atoms with Gasteiger partial charge in [0.25, 0.3) is 0 Å². The highest BCUT2D eigenvalue weighted by Crippen LogP contribution is 2.20. The normalized spacial score (nSPS) is 11.3. The first-order chi connectivity index (χ1) is 8.90. The van der Waals surface area contributed by atoms with Crippen molar-refractivity contribution in [1.82, 2.24) is 4.72 Å². The Kier molecular flexibility index (Phi) is 5.46. The number of hydrogen-bond acceptors (Lipinski definition) is 4. The molecule has 6 nitrogen and oxygen atoms in total. The van der Waals surface area contributed by atoms with Gasteiger partial charge in [-0.15, -0.1) is 0 Å². The zero-order valence-electron chi connectivity index (χ0n) is 10.9. The number of anilines is 1. The topological polar surface area (TPSA) is 95.5 Å². The lowest BCUT2D eigenvalue weighted by Gasteiger charge is -2.10. The third-order valence-electron chi connectivity index (χ3n) is 2.59. The summed E-state index contributed by atoms with van der Waals surface area (Å²) in [6.07, 6.45) is 0.567. The van der Waals surface area contributed by atoms with Crippen molar-refractivity contribution in [1.29, 1.82) is 0 Å². The third kappa shape index (κ3) is 4.30. The number of carbonyl (C=O) groups is 1. The number of amides is 1. The molecule has 0 saturated heterocycles. The van der Waals surface area contributed by atoms with E-state index in [0.717, 1.165) is 0 Å². The second-order valence-electron chi connectivity index (χ2n) is 4.06. The van der Waals surface area contributed by atoms with Crippen LogP contribution in [-0.2, 0) is 14.8 Å². The van der Waals surface area contributed by atoms with E-state index in [9.17, 15) is 13.2 Å². The van der Waals surface area contributed by atoms with Gasteiger partial charge in [0.2, 0.25) is 15.9 Å². The monoisotopic (exact) mass is 286 g/mol. The predicted octanol–water partition coefficient (Wildman–Crippen LogP) is 0.614. The summed E-state index contributed by atoms with van der Waals surface area (Å²) in [7, 11) is -2.21. The van der Waals surface area contributed by atoms with E-state index >= 15 is 0 Å². The second kappa shape index (κ2) is 6.65. The maximum atomic E-state index is 11.8. The first kappa shape index (κ1) is 15.6. The molecule has 0 heterocycles. The Hall–Kier alpha value is -1.44. The largest absolute Gasteiger partial charge is 0.396 e. The van der Waals surface area contributed by atoms with Crippen molar-refractivity contribution in [3.63, 3.8) is 0 Å². The molecule has 0 radical (unpaired) electrons. The molecule has 1 amide bonds. The van der Waals surface area contributed by atoms with Crippen LogP contribution in [0.15, 0.2) is 23.1 Å². The maximum Gasteiger partial charge on any atom is 0.240 e. The summed E-state index contributed by atoms with van der Waals surface area (Å²) >= 11 is 0. The number of carbonyl (C=O) groups excluding carboxylic acids is 1. The molecule has 1 aromatic rings. The number of hydrogen-bond donors (Lipinski definition) is 3. The molecule has 0 atom stereocenters. The lowest BCUT2D eigenvalue weighted by molar-refractivity contribution is -0.116. The third-order valence-corrected chi connectivity index (χ3v) is 4.15. The fourth-order valence-corrected chi connectivity index (χ4v) is 2.53. The zero-order valence-corrected chi connectivity index (χ0v) is 11.8. The maximum absolute atomic E-state index is 11.8. The molecule has 0 bridgehead atoms. The number of benzene rings is 1. The standard InChI is InChI=1S/C12H18N2O4S/c1-9-5-6-10(14-12(16)4-3-7-15)8-11(9)19(17,18)13-2/h5-6,8,13,15H,3-4,7H2,1-2H3,(H,14,16). The van der Waals surface area contributed by atoms with Gasteiger partial charge in [-0.05, 0) is 38.1 Å². The highest BCUT2D eigenvalue weighted by Gasteiger charge is 2.15. The molecule has 7 heteroatoms. The van der Waals surface area contributed by atoms with Gasteiger partial charge in [-0.2, -0.15) is 0 Å². The van der Waals surface area contributed by atoms with E-state index in [1.165, 1.54) is 13.1 Å². The molecule has 1 aromatic carbocycles. The summed E-state index contributed by atoms with van der Waals surface area (Å²) in [6, 6.07) is 4.69. The van der Waals surface area contributed by atoms with Gasteiger partial charge in [-0.25, -0.2) is 13.1 Å². The predicted molar refractivity (Wildman–Crippen MR) is 72.4 cm³/mol. The Morgan fingerprint density at radius 3 is 2.63 bits per heavy atom. The molecule has 1 rings (SSSR count). The van der Waals surface area contributed by atoms with E-state index in [-0.39, 0.29) is 23.8 Å². The molecule has 0 aliphatic carbocycles. The SMILES string of the molecule is CNS(=O)(=O)c1cc(NC(=O)CCCO)ccc1C. The van der Waals surface area contributed by atoms with Crippen LogP contribution < -0.4 is 10.0 Å². The summed E-state index contributed by atoms with van der Waals surface area (Å²) in [5.74, 6) is -0.259. The summed E-state index contributed by atoms with van der Waals surface area (Å²) in [6.45, 7) is 1.63. The van der Waals surface area contributed by atoms with E-state index < -0.39 is 10.0 Å². The number of aliphatic hydroxyl groups excluding tert-OH is 1. The van der Waals surface area contributed by atoms with E-state index in [1.807, 2.05) is 0 Å². The molecule has 0 unspecified atom stereocenters. The van der Waals surface area contributed by atoms with Gasteiger partial charge in [-0.3, -0.25) is 4.79 Å². The van der Waals surface area contributed by atoms with Crippen molar-refractivity contribution < 1.29 is 18.3 Å². The van der Waals surface area contributed by atoms with Crippen molar-refractivity contribution in [2.45, 2.75) is 24.7 Å². The Balaban J connectivity index is 2.94. The van der Waals surface area contributed by atoms with E-state index in [4.69, 9.17) is 5.11 Å². The van der Waals surface area contributed by atoms with Crippen LogP contribution in [0.25, 0.3) is 0 Å². The first-order valence-electron chi connectivity index (χ1n) is 5.85. The molecule has 0 saturated carbocycles. The van der Waals surface area contributed by atoms with Gasteiger partial charge in [-0.1, -0.05) is 6.07 Å². The van der Waals surface area contributed by atoms with Crippen LogP contribution in [0.5, 0.6) is 0 Å². The molecule has 106 valence electrons. The van der Waals surface area contributed by atoms with Crippen LogP contribution in [0.3, 0.4) is 0 Å². The smallest absolute Gasteiger partial charge is 0.240 e. The Bertz CT molecular complexity index is 555. The van der Waals surface area contributed by atoms with Crippen LogP contribution in [0.1, 0.15) is 18.4 Å². The summed E-state index contributed by atoms with van der Waals surface area (Å²) < 4.78 is 25.8. The van der Waals surface area contributed by atoms with Crippen LogP contribution in [0.2, 0.25) is 0 Å². The van der Waals surface area contributed by atoms with Crippen LogP contribution in [0, 0.1) is 6.92 Å². The van der Waals surface area contributed by atoms with Crippen molar-refractivity contribution in [2.24, 2.45) is 0 Å². The summed E-state index contributed by atoms with van der Waals surface area (Å²) in [5.41, 5.74) is 1.02. The van der Waals surface area contributed by atoms with E-state index in [1.54, 1.807) is 19.1 Å². The van der Waals surface area contributed by atoms with Crippen molar-refractivity contribution in [2.75, 3.05) is 19.0 Å². The molecule has 0 aromatic heterocycles. The lowest BCUT2D eigenvalue weighted by Crippen LogP contribution is -2.20. The minimum absolute atomic E-state index is 0.0549. The number of sulfonamides is 1. The molecule has 0 fully saturated rings. The lowest BCUT2D eigenvalue weighted by atomic mass is 10.2. The number of aryl methyl sites for hydroxylation is 1. The van der Waals surface area contributed by atoms with Gasteiger partial charge in [0.05, 0.1) is 4.90 Å². The van der Waals surface area contributed by atoms with Gasteiger partial charge < -0.3 is 10.4 Å². The van der Waals surface area contributed by atoms with Crippen LogP contribution >= 0.6 is 0 Å². The second-order valence-corrected chi connectivity index (χ2v) is 5.92. The van der Waals surface area contributed by atoms with Gasteiger partial charge in [0, 0.05) is 18.7 Å². The first-order valence-corrected chi connectivity index (χ1v) is 7.34. The molecule has 0 spiro atoms.